The van der Waals surface area contributed by atoms with Gasteiger partial charge in [0.1, 0.15) is 0 Å². The third kappa shape index (κ3) is 22.9. The van der Waals surface area contributed by atoms with Crippen molar-refractivity contribution in [3.05, 3.63) is 0 Å². The molecule has 0 amide bonds. The summed E-state index contributed by atoms with van der Waals surface area (Å²) in [4.78, 5) is 0. The molecule has 0 bridgehead atoms. The minimum absolute atomic E-state index is 0.0508. The number of hydrogen-bond donors (Lipinski definition) is 2. The molecule has 0 aromatic rings. The average Bonchev–Trinajstić information content (AvgIpc) is 2.89. The molecule has 236 valence electrons. The van der Waals surface area contributed by atoms with Crippen molar-refractivity contribution in [2.75, 3.05) is 80.0 Å². The lowest BCUT2D eigenvalue weighted by Gasteiger charge is -2.31. The Morgan fingerprint density at radius 1 is 0.615 bits per heavy atom. The molecule has 0 heterocycles. The van der Waals surface area contributed by atoms with Crippen LogP contribution in [0.1, 0.15) is 104 Å². The number of hydrogen-bond acceptors (Lipinski definition) is 5. The lowest BCUT2D eigenvalue weighted by atomic mass is 9.92. The molecular weight excluding hydrogens is 504 g/mol. The van der Waals surface area contributed by atoms with Gasteiger partial charge in [0.25, 0.3) is 0 Å². The van der Waals surface area contributed by atoms with E-state index in [0.29, 0.717) is 13.2 Å². The Kier molecular flexibility index (Phi) is 23.0. The van der Waals surface area contributed by atoms with Crippen LogP contribution in [0.25, 0.3) is 0 Å². The molecule has 6 nitrogen and oxygen atoms in total. The maximum absolute atomic E-state index is 12.3. The summed E-state index contributed by atoms with van der Waals surface area (Å²) in [5, 5.41) is 19.6. The Labute approximate surface area is 239 Å². The maximum Gasteiger partial charge on any atom is 0.240 e. The monoisotopic (exact) mass is 568 g/mol. The number of ether oxygens (including phenoxy) is 3. The van der Waals surface area contributed by atoms with Gasteiger partial charge in [-0.15, -0.1) is 0 Å². The molecule has 0 radical (unpaired) electrons. The molecule has 0 aromatic heterocycles. The molecule has 0 rings (SSSR count). The van der Waals surface area contributed by atoms with E-state index in [-0.39, 0.29) is 46.1 Å². The molecule has 39 heavy (non-hydrogen) atoms. The lowest BCUT2D eigenvalue weighted by molar-refractivity contribution is -0.890. The molecule has 0 saturated carbocycles. The average molecular weight is 569 g/mol. The second-order valence-electron chi connectivity index (χ2n) is 13.0. The Balaban J connectivity index is 3.96. The van der Waals surface area contributed by atoms with Crippen LogP contribution in [-0.2, 0) is 14.2 Å². The highest BCUT2D eigenvalue weighted by Gasteiger charge is 2.29. The van der Waals surface area contributed by atoms with Crippen molar-refractivity contribution >= 4 is 0 Å². The van der Waals surface area contributed by atoms with E-state index in [0.717, 1.165) is 23.9 Å². The first-order valence-corrected chi connectivity index (χ1v) is 15.6. The van der Waals surface area contributed by atoms with Crippen molar-refractivity contribution in [2.45, 2.75) is 111 Å². The molecule has 0 fully saturated rings. The first-order chi connectivity index (χ1) is 18.5. The van der Waals surface area contributed by atoms with E-state index in [9.17, 15) is 19.0 Å². The quantitative estimate of drug-likeness (QED) is 0.0800. The summed E-state index contributed by atoms with van der Waals surface area (Å²) in [7, 11) is 4.64. The van der Waals surface area contributed by atoms with Crippen LogP contribution in [0.5, 0.6) is 0 Å². The van der Waals surface area contributed by atoms with Crippen LogP contribution in [0.15, 0.2) is 0 Å². The van der Waals surface area contributed by atoms with Crippen LogP contribution in [0.4, 0.5) is 8.78 Å². The van der Waals surface area contributed by atoms with Gasteiger partial charge in [0.15, 0.2) is 0 Å². The van der Waals surface area contributed by atoms with Crippen LogP contribution in [-0.4, -0.2) is 101 Å². The topological polar surface area (TPSA) is 68.2 Å². The zero-order valence-electron chi connectivity index (χ0n) is 26.2. The molecule has 0 aliphatic carbocycles. The van der Waals surface area contributed by atoms with Gasteiger partial charge in [-0.2, -0.15) is 0 Å². The zero-order chi connectivity index (χ0) is 29.5. The van der Waals surface area contributed by atoms with Gasteiger partial charge in [-0.1, -0.05) is 72.1 Å². The maximum atomic E-state index is 12.3. The zero-order valence-corrected chi connectivity index (χ0v) is 26.2. The summed E-state index contributed by atoms with van der Waals surface area (Å²) < 4.78 is 42.6. The molecule has 0 saturated heterocycles. The number of rotatable bonds is 29. The number of unbranched alkanes of at least 4 members (excludes halogenated alkanes) is 10. The van der Waals surface area contributed by atoms with E-state index in [1.165, 1.54) is 70.8 Å². The fourth-order valence-corrected chi connectivity index (χ4v) is 4.50. The highest BCUT2D eigenvalue weighted by atomic mass is 19.3. The predicted molar refractivity (Wildman–Crippen MR) is 156 cm³/mol. The molecule has 2 unspecified atom stereocenters. The number of aliphatic hydroxyl groups is 2. The first-order valence-electron chi connectivity index (χ1n) is 15.6. The van der Waals surface area contributed by atoms with E-state index >= 15 is 0 Å². The third-order valence-corrected chi connectivity index (χ3v) is 7.47. The Morgan fingerprint density at radius 2 is 1.03 bits per heavy atom. The number of quaternary nitrogens is 1. The highest BCUT2D eigenvalue weighted by Crippen LogP contribution is 2.22. The first kappa shape index (κ1) is 38.6. The van der Waals surface area contributed by atoms with Crippen LogP contribution in [0, 0.1) is 10.8 Å². The van der Waals surface area contributed by atoms with Crippen LogP contribution in [0.2, 0.25) is 0 Å². The van der Waals surface area contributed by atoms with E-state index in [1.807, 2.05) is 6.92 Å². The van der Waals surface area contributed by atoms with Crippen LogP contribution in [0.3, 0.4) is 0 Å². The fourth-order valence-electron chi connectivity index (χ4n) is 4.50. The van der Waals surface area contributed by atoms with Crippen molar-refractivity contribution in [3.63, 3.8) is 0 Å². The van der Waals surface area contributed by atoms with Crippen molar-refractivity contribution in [3.8, 4) is 0 Å². The molecule has 8 heteroatoms. The second-order valence-corrected chi connectivity index (χ2v) is 13.0. The van der Waals surface area contributed by atoms with Gasteiger partial charge in [0.2, 0.25) is 6.43 Å². The van der Waals surface area contributed by atoms with Gasteiger partial charge in [-0.25, -0.2) is 8.78 Å². The van der Waals surface area contributed by atoms with Gasteiger partial charge in [0.05, 0.1) is 73.4 Å². The van der Waals surface area contributed by atoms with E-state index in [1.54, 1.807) is 6.92 Å². The van der Waals surface area contributed by atoms with Gasteiger partial charge in [-0.3, -0.25) is 0 Å². The summed E-state index contributed by atoms with van der Waals surface area (Å²) in [6.45, 7) is 9.69. The van der Waals surface area contributed by atoms with Gasteiger partial charge in [0, 0.05) is 23.9 Å². The number of halogens is 2. The van der Waals surface area contributed by atoms with E-state index in [4.69, 9.17) is 14.2 Å². The second kappa shape index (κ2) is 23.2. The Morgan fingerprint density at radius 3 is 1.49 bits per heavy atom. The number of nitrogens with zero attached hydrogens (tertiary/aromatic N) is 1. The third-order valence-electron chi connectivity index (χ3n) is 7.47. The van der Waals surface area contributed by atoms with Gasteiger partial charge in [-0.05, 0) is 25.7 Å². The van der Waals surface area contributed by atoms with E-state index < -0.39 is 17.3 Å². The van der Waals surface area contributed by atoms with Crippen LogP contribution < -0.4 is 0 Å². The van der Waals surface area contributed by atoms with Gasteiger partial charge >= 0.3 is 0 Å². The Hall–Kier alpha value is -0.380. The van der Waals surface area contributed by atoms with Crippen molar-refractivity contribution in [1.29, 1.82) is 0 Å². The summed E-state index contributed by atoms with van der Waals surface area (Å²) in [5.41, 5.74) is -1.23. The molecule has 0 aliphatic rings. The molecular formula is C31H64F2NO5+. The fraction of sp³-hybridized carbons (Fsp3) is 1.00. The molecule has 0 aromatic carbocycles. The van der Waals surface area contributed by atoms with Crippen molar-refractivity contribution in [1.82, 2.24) is 0 Å². The van der Waals surface area contributed by atoms with Crippen molar-refractivity contribution < 1.29 is 37.7 Å². The molecule has 0 spiro atoms. The molecule has 2 atom stereocenters. The summed E-state index contributed by atoms with van der Waals surface area (Å²) in [6.07, 6.45) is 13.1. The van der Waals surface area contributed by atoms with Gasteiger partial charge < -0.3 is 28.9 Å². The minimum atomic E-state index is -2.40. The Bertz CT molecular complexity index is 555. The van der Waals surface area contributed by atoms with Crippen molar-refractivity contribution in [2.24, 2.45) is 10.8 Å². The summed E-state index contributed by atoms with van der Waals surface area (Å²) >= 11 is 0. The highest BCUT2D eigenvalue weighted by molar-refractivity contribution is 4.76. The minimum Gasteiger partial charge on any atom is -0.396 e. The standard InChI is InChI=1S/C31H64F2NO5/c1-6-7-8-9-10-11-12-13-14-15-19-34(4,5)20-16-17-21-37-25-30(2,23-35)27-39-28-31(3,24-36)26-38-22-18-29(32)33/h29,35-36H,6-28H2,1-5H3/q+1. The number of alkyl halides is 2. The normalized spacial score (nSPS) is 15.5. The SMILES string of the molecule is CCCCCCCCCCCC[N+](C)(C)CCCCOCC(C)(CO)COCC(C)(CO)COCCC(F)F. The summed E-state index contributed by atoms with van der Waals surface area (Å²) in [5.74, 6) is 0. The number of aliphatic hydroxyl groups excluding tert-OH is 2. The predicted octanol–water partition coefficient (Wildman–Crippen LogP) is 6.47. The van der Waals surface area contributed by atoms with E-state index in [2.05, 4.69) is 21.0 Å². The lowest BCUT2D eigenvalue weighted by Crippen LogP contribution is -2.41. The van der Waals surface area contributed by atoms with Crippen LogP contribution >= 0.6 is 0 Å². The molecule has 0 aliphatic heterocycles. The smallest absolute Gasteiger partial charge is 0.240 e. The summed E-state index contributed by atoms with van der Waals surface area (Å²) in [6, 6.07) is 0. The largest absolute Gasteiger partial charge is 0.396 e. The molecule has 2 N–H and O–H groups in total.